The van der Waals surface area contributed by atoms with Crippen LogP contribution in [0.3, 0.4) is 0 Å². The van der Waals surface area contributed by atoms with Crippen molar-refractivity contribution >= 4 is 12.0 Å². The lowest BCUT2D eigenvalue weighted by Gasteiger charge is -2.45. The number of likely N-dealkylation sites (tertiary alicyclic amines) is 1. The summed E-state index contributed by atoms with van der Waals surface area (Å²) in [6.07, 6.45) is 1.13. The minimum absolute atomic E-state index is 0.138. The van der Waals surface area contributed by atoms with Gasteiger partial charge in [0.25, 0.3) is 0 Å². The summed E-state index contributed by atoms with van der Waals surface area (Å²) >= 11 is 0. The summed E-state index contributed by atoms with van der Waals surface area (Å²) in [5, 5.41) is 21.7. The van der Waals surface area contributed by atoms with Crippen LogP contribution in [0.4, 0.5) is 4.79 Å². The lowest BCUT2D eigenvalue weighted by Crippen LogP contribution is -2.64. The van der Waals surface area contributed by atoms with Gasteiger partial charge in [0.15, 0.2) is 0 Å². The molecule has 1 aromatic heterocycles. The van der Waals surface area contributed by atoms with Crippen LogP contribution in [0.25, 0.3) is 0 Å². The summed E-state index contributed by atoms with van der Waals surface area (Å²) in [5.74, 6) is -0.289. The fraction of sp³-hybridized carbons (Fsp3) is 0.600. The Labute approximate surface area is 103 Å². The van der Waals surface area contributed by atoms with E-state index in [1.165, 1.54) is 4.90 Å². The summed E-state index contributed by atoms with van der Waals surface area (Å²) in [6.45, 7) is 2.21. The number of rotatable bonds is 4. The predicted octanol–water partition coefficient (Wildman–Crippen LogP) is 0.124. The van der Waals surface area contributed by atoms with E-state index in [0.29, 0.717) is 18.7 Å². The molecule has 0 radical (unpaired) electrons. The molecule has 2 rings (SSSR count). The van der Waals surface area contributed by atoms with Gasteiger partial charge in [-0.05, 0) is 6.42 Å². The quantitative estimate of drug-likeness (QED) is 0.706. The van der Waals surface area contributed by atoms with E-state index in [9.17, 15) is 9.59 Å². The molecule has 0 saturated carbocycles. The van der Waals surface area contributed by atoms with E-state index in [1.807, 2.05) is 6.92 Å². The molecule has 3 N–H and O–H groups in total. The second-order valence-electron chi connectivity index (χ2n) is 4.20. The first-order valence-corrected chi connectivity index (χ1v) is 5.78. The summed E-state index contributed by atoms with van der Waals surface area (Å²) in [4.78, 5) is 23.7. The van der Waals surface area contributed by atoms with Crippen LogP contribution in [-0.2, 0) is 4.79 Å². The van der Waals surface area contributed by atoms with Crippen LogP contribution < -0.4 is 5.32 Å². The van der Waals surface area contributed by atoms with Crippen molar-refractivity contribution in [3.63, 3.8) is 0 Å². The molecule has 1 saturated heterocycles. The average Bonchev–Trinajstić information content (AvgIpc) is 2.78. The van der Waals surface area contributed by atoms with Gasteiger partial charge in [-0.1, -0.05) is 12.1 Å². The largest absolute Gasteiger partial charge is 0.465 e. The van der Waals surface area contributed by atoms with Crippen LogP contribution in [0, 0.1) is 0 Å². The lowest BCUT2D eigenvalue weighted by molar-refractivity contribution is -0.124. The molecular weight excluding hydrogens is 238 g/mol. The Balaban J connectivity index is 2.05. The van der Waals surface area contributed by atoms with Crippen molar-refractivity contribution < 1.29 is 14.7 Å². The molecule has 2 unspecified atom stereocenters. The van der Waals surface area contributed by atoms with Crippen molar-refractivity contribution in [3.05, 3.63) is 11.9 Å². The van der Waals surface area contributed by atoms with E-state index in [-0.39, 0.29) is 11.8 Å². The SMILES string of the molecule is CCCC(=O)NC1C(c2c[nH]nn2)CN1C(=O)O. The highest BCUT2D eigenvalue weighted by Crippen LogP contribution is 2.31. The third kappa shape index (κ3) is 2.27. The van der Waals surface area contributed by atoms with Gasteiger partial charge in [-0.25, -0.2) is 4.79 Å². The van der Waals surface area contributed by atoms with Crippen LogP contribution in [0.2, 0.25) is 0 Å². The smallest absolute Gasteiger partial charge is 0.408 e. The van der Waals surface area contributed by atoms with Crippen molar-refractivity contribution in [2.45, 2.75) is 31.8 Å². The summed E-state index contributed by atoms with van der Waals surface area (Å²) in [7, 11) is 0. The number of carboxylic acid groups (broad SMARTS) is 1. The molecule has 8 heteroatoms. The molecule has 1 aromatic rings. The Morgan fingerprint density at radius 1 is 1.67 bits per heavy atom. The molecule has 0 aromatic carbocycles. The van der Waals surface area contributed by atoms with E-state index < -0.39 is 12.3 Å². The van der Waals surface area contributed by atoms with Crippen molar-refractivity contribution in [1.29, 1.82) is 0 Å². The van der Waals surface area contributed by atoms with Gasteiger partial charge in [-0.3, -0.25) is 14.8 Å². The minimum Gasteiger partial charge on any atom is -0.465 e. The molecule has 0 spiro atoms. The van der Waals surface area contributed by atoms with Crippen LogP contribution >= 0.6 is 0 Å². The number of nitrogens with one attached hydrogen (secondary N) is 2. The molecule has 98 valence electrons. The maximum atomic E-state index is 11.6. The van der Waals surface area contributed by atoms with Crippen molar-refractivity contribution in [2.75, 3.05) is 6.54 Å². The maximum Gasteiger partial charge on any atom is 0.408 e. The first-order valence-electron chi connectivity index (χ1n) is 5.78. The van der Waals surface area contributed by atoms with E-state index in [2.05, 4.69) is 20.7 Å². The first-order chi connectivity index (χ1) is 8.63. The zero-order chi connectivity index (χ0) is 13.1. The third-order valence-corrected chi connectivity index (χ3v) is 2.96. The fourth-order valence-corrected chi connectivity index (χ4v) is 1.99. The number of nitrogens with zero attached hydrogens (tertiary/aromatic N) is 3. The standard InChI is InChI=1S/C10H15N5O3/c1-2-3-8(16)12-9-6(5-15(9)10(17)18)7-4-11-14-13-7/h4,6,9H,2-3,5H2,1H3,(H,12,16)(H,17,18)(H,11,13,14). The number of carbonyl (C=O) groups excluding carboxylic acids is 1. The second kappa shape index (κ2) is 5.03. The topological polar surface area (TPSA) is 111 Å². The number of aromatic amines is 1. The molecular formula is C10H15N5O3. The third-order valence-electron chi connectivity index (χ3n) is 2.96. The first kappa shape index (κ1) is 12.3. The van der Waals surface area contributed by atoms with Gasteiger partial charge in [0.1, 0.15) is 6.17 Å². The highest BCUT2D eigenvalue weighted by atomic mass is 16.4. The zero-order valence-electron chi connectivity index (χ0n) is 9.96. The predicted molar refractivity (Wildman–Crippen MR) is 60.7 cm³/mol. The zero-order valence-corrected chi connectivity index (χ0v) is 9.96. The van der Waals surface area contributed by atoms with Crippen LogP contribution in [0.5, 0.6) is 0 Å². The van der Waals surface area contributed by atoms with Crippen LogP contribution in [0.15, 0.2) is 6.20 Å². The maximum absolute atomic E-state index is 11.6. The van der Waals surface area contributed by atoms with E-state index in [0.717, 1.165) is 6.42 Å². The Morgan fingerprint density at radius 2 is 2.44 bits per heavy atom. The summed E-state index contributed by atoms with van der Waals surface area (Å²) < 4.78 is 0. The monoisotopic (exact) mass is 253 g/mol. The molecule has 18 heavy (non-hydrogen) atoms. The summed E-state index contributed by atoms with van der Waals surface area (Å²) in [6, 6.07) is 0. The van der Waals surface area contributed by atoms with Crippen LogP contribution in [0.1, 0.15) is 31.4 Å². The minimum atomic E-state index is -1.04. The van der Waals surface area contributed by atoms with Crippen LogP contribution in [-0.4, -0.2) is 50.1 Å². The van der Waals surface area contributed by atoms with Crippen molar-refractivity contribution in [3.8, 4) is 0 Å². The number of hydrogen-bond donors (Lipinski definition) is 3. The molecule has 8 nitrogen and oxygen atoms in total. The second-order valence-corrected chi connectivity index (χ2v) is 4.20. The molecule has 0 bridgehead atoms. The Bertz CT molecular complexity index is 433. The number of hydrogen-bond acceptors (Lipinski definition) is 4. The molecule has 2 heterocycles. The number of aromatic nitrogens is 3. The molecule has 2 atom stereocenters. The van der Waals surface area contributed by atoms with Gasteiger partial charge in [-0.15, -0.1) is 5.10 Å². The van der Waals surface area contributed by atoms with E-state index in [1.54, 1.807) is 6.20 Å². The fourth-order valence-electron chi connectivity index (χ4n) is 1.99. The van der Waals surface area contributed by atoms with Gasteiger partial charge in [0.2, 0.25) is 5.91 Å². The Kier molecular flexibility index (Phi) is 3.45. The van der Waals surface area contributed by atoms with E-state index in [4.69, 9.17) is 5.11 Å². The van der Waals surface area contributed by atoms with Gasteiger partial charge in [0, 0.05) is 19.2 Å². The van der Waals surface area contributed by atoms with Gasteiger partial charge >= 0.3 is 6.09 Å². The van der Waals surface area contributed by atoms with E-state index >= 15 is 0 Å². The highest BCUT2D eigenvalue weighted by molar-refractivity contribution is 5.77. The van der Waals surface area contributed by atoms with Gasteiger partial charge < -0.3 is 10.4 Å². The molecule has 1 aliphatic heterocycles. The Hall–Kier alpha value is -2.12. The lowest BCUT2D eigenvalue weighted by atomic mass is 9.92. The number of H-pyrrole nitrogens is 1. The molecule has 1 fully saturated rings. The molecule has 1 aliphatic rings. The molecule has 0 aliphatic carbocycles. The summed E-state index contributed by atoms with van der Waals surface area (Å²) in [5.41, 5.74) is 0.661. The Morgan fingerprint density at radius 3 is 3.00 bits per heavy atom. The number of carbonyl (C=O) groups is 2. The number of amides is 2. The molecule has 2 amide bonds. The van der Waals surface area contributed by atoms with Crippen molar-refractivity contribution in [2.24, 2.45) is 0 Å². The van der Waals surface area contributed by atoms with Gasteiger partial charge in [-0.2, -0.15) is 0 Å². The average molecular weight is 253 g/mol. The highest BCUT2D eigenvalue weighted by Gasteiger charge is 2.45. The van der Waals surface area contributed by atoms with Crippen molar-refractivity contribution in [1.82, 2.24) is 25.6 Å². The van der Waals surface area contributed by atoms with Gasteiger partial charge in [0.05, 0.1) is 11.6 Å². The normalized spacial score (nSPS) is 22.4.